The van der Waals surface area contributed by atoms with E-state index in [2.05, 4.69) is 32.6 Å². The summed E-state index contributed by atoms with van der Waals surface area (Å²) in [5.74, 6) is 0. The number of rotatable bonds is 4. The largest absolute Gasteiger partial charge is 0.283 e. The number of carbonyl (C=O) groups excluding carboxylic acids is 1. The van der Waals surface area contributed by atoms with Crippen LogP contribution >= 0.6 is 12.6 Å². The van der Waals surface area contributed by atoms with Gasteiger partial charge in [-0.2, -0.15) is 0 Å². The van der Waals surface area contributed by atoms with Gasteiger partial charge in [0.2, 0.25) is 5.12 Å². The predicted octanol–water partition coefficient (Wildman–Crippen LogP) is 3.14. The molecule has 2 heteroatoms. The van der Waals surface area contributed by atoms with Crippen LogP contribution in [0.2, 0.25) is 0 Å². The Morgan fingerprint density at radius 2 is 1.92 bits per heavy atom. The lowest BCUT2D eigenvalue weighted by Gasteiger charge is -1.96. The monoisotopic (exact) mass is 184 g/mol. The number of hydrogen-bond acceptors (Lipinski definition) is 1. The zero-order valence-electron chi connectivity index (χ0n) is 7.92. The van der Waals surface area contributed by atoms with Crippen LogP contribution in [0.4, 0.5) is 0 Å². The highest BCUT2D eigenvalue weighted by Gasteiger charge is 1.91. The molecule has 0 N–H and O–H groups in total. The second-order valence-electron chi connectivity index (χ2n) is 3.15. The van der Waals surface area contributed by atoms with Gasteiger partial charge in [-0.1, -0.05) is 17.2 Å². The van der Waals surface area contributed by atoms with Crippen molar-refractivity contribution in [3.63, 3.8) is 0 Å². The van der Waals surface area contributed by atoms with E-state index < -0.39 is 0 Å². The van der Waals surface area contributed by atoms with E-state index in [9.17, 15) is 4.79 Å². The molecule has 0 unspecified atom stereocenters. The molecule has 0 radical (unpaired) electrons. The summed E-state index contributed by atoms with van der Waals surface area (Å²) in [4.78, 5) is 10.5. The van der Waals surface area contributed by atoms with Crippen molar-refractivity contribution in [1.29, 1.82) is 0 Å². The number of thiol groups is 1. The molecular weight excluding hydrogens is 168 g/mol. The van der Waals surface area contributed by atoms with Gasteiger partial charge < -0.3 is 0 Å². The molecule has 0 aromatic carbocycles. The molecule has 1 nitrogen and oxygen atoms in total. The lowest BCUT2D eigenvalue weighted by atomic mass is 10.1. The van der Waals surface area contributed by atoms with Gasteiger partial charge in [-0.3, -0.25) is 4.79 Å². The molecule has 0 aliphatic heterocycles. The minimum Gasteiger partial charge on any atom is -0.283 e. The van der Waals surface area contributed by atoms with Gasteiger partial charge >= 0.3 is 0 Å². The van der Waals surface area contributed by atoms with Crippen LogP contribution in [0, 0.1) is 0 Å². The minimum absolute atomic E-state index is 0.162. The number of carbonyl (C=O) groups is 1. The molecule has 0 saturated heterocycles. The Hall–Kier alpha value is -0.500. The Morgan fingerprint density at radius 3 is 2.33 bits per heavy atom. The Bertz CT molecular complexity index is 210. The zero-order valence-corrected chi connectivity index (χ0v) is 8.82. The maximum absolute atomic E-state index is 10.5. The van der Waals surface area contributed by atoms with Crippen molar-refractivity contribution >= 4 is 17.7 Å². The maximum atomic E-state index is 10.5. The van der Waals surface area contributed by atoms with Crippen LogP contribution in [0.1, 0.15) is 33.6 Å². The summed E-state index contributed by atoms with van der Waals surface area (Å²) in [6, 6.07) is 0. The first kappa shape index (κ1) is 11.5. The van der Waals surface area contributed by atoms with Gasteiger partial charge in [-0.15, -0.1) is 12.6 Å². The molecule has 0 aromatic rings. The molecule has 0 amide bonds. The summed E-state index contributed by atoms with van der Waals surface area (Å²) in [5.41, 5.74) is 2.41. The smallest absolute Gasteiger partial charge is 0.209 e. The molecule has 0 rings (SSSR count). The number of allylic oxidation sites excluding steroid dienone is 3. The standard InChI is InChI=1S/C10H16OS/c1-8(2)5-4-6-9(3)7-10(11)12/h5,7H,4,6H2,1-3H3,(H,11,12)/b9-7+. The zero-order chi connectivity index (χ0) is 9.56. The van der Waals surface area contributed by atoms with Gasteiger partial charge in [0.15, 0.2) is 0 Å². The van der Waals surface area contributed by atoms with E-state index in [0.717, 1.165) is 18.4 Å². The summed E-state index contributed by atoms with van der Waals surface area (Å²) >= 11 is 3.67. The van der Waals surface area contributed by atoms with E-state index in [1.807, 2.05) is 6.92 Å². The molecule has 0 spiro atoms. The molecular formula is C10H16OS. The van der Waals surface area contributed by atoms with Crippen LogP contribution in [-0.4, -0.2) is 5.12 Å². The lowest BCUT2D eigenvalue weighted by molar-refractivity contribution is -0.106. The van der Waals surface area contributed by atoms with Crippen molar-refractivity contribution < 1.29 is 4.79 Å². The molecule has 0 aromatic heterocycles. The fraction of sp³-hybridized carbons (Fsp3) is 0.500. The van der Waals surface area contributed by atoms with E-state index >= 15 is 0 Å². The fourth-order valence-corrected chi connectivity index (χ4v) is 1.09. The molecule has 0 bridgehead atoms. The van der Waals surface area contributed by atoms with Crippen LogP contribution in [0.5, 0.6) is 0 Å². The maximum Gasteiger partial charge on any atom is 0.209 e. The Kier molecular flexibility index (Phi) is 5.81. The number of hydrogen-bond donors (Lipinski definition) is 1. The van der Waals surface area contributed by atoms with Crippen molar-refractivity contribution in [2.75, 3.05) is 0 Å². The normalized spacial score (nSPS) is 11.2. The molecule has 12 heavy (non-hydrogen) atoms. The van der Waals surface area contributed by atoms with Crippen LogP contribution in [-0.2, 0) is 4.79 Å². The molecule has 68 valence electrons. The molecule has 0 aliphatic carbocycles. The SMILES string of the molecule is CC(C)=CCC/C(C)=C/C(=O)S. The first-order valence-electron chi connectivity index (χ1n) is 4.06. The quantitative estimate of drug-likeness (QED) is 0.403. The molecule has 0 fully saturated rings. The van der Waals surface area contributed by atoms with E-state index in [0.29, 0.717) is 0 Å². The summed E-state index contributed by atoms with van der Waals surface area (Å²) < 4.78 is 0. The van der Waals surface area contributed by atoms with Gasteiger partial charge in [0.05, 0.1) is 0 Å². The van der Waals surface area contributed by atoms with Crippen molar-refractivity contribution in [3.05, 3.63) is 23.3 Å². The van der Waals surface area contributed by atoms with E-state index in [1.165, 1.54) is 5.57 Å². The van der Waals surface area contributed by atoms with Crippen molar-refractivity contribution in [2.45, 2.75) is 33.6 Å². The topological polar surface area (TPSA) is 17.1 Å². The molecule has 0 saturated carbocycles. The predicted molar refractivity (Wildman–Crippen MR) is 56.4 cm³/mol. The Labute approximate surface area is 80.0 Å². The van der Waals surface area contributed by atoms with Crippen molar-refractivity contribution in [2.24, 2.45) is 0 Å². The molecule has 0 aliphatic rings. The van der Waals surface area contributed by atoms with E-state index in [1.54, 1.807) is 6.08 Å². The highest BCUT2D eigenvalue weighted by Crippen LogP contribution is 2.06. The average molecular weight is 184 g/mol. The van der Waals surface area contributed by atoms with Crippen molar-refractivity contribution in [1.82, 2.24) is 0 Å². The Balaban J connectivity index is 3.79. The first-order chi connectivity index (χ1) is 5.52. The van der Waals surface area contributed by atoms with Crippen LogP contribution in [0.15, 0.2) is 23.3 Å². The van der Waals surface area contributed by atoms with E-state index in [-0.39, 0.29) is 5.12 Å². The third kappa shape index (κ3) is 7.61. The van der Waals surface area contributed by atoms with Gasteiger partial charge in [0.1, 0.15) is 0 Å². The van der Waals surface area contributed by atoms with Gasteiger partial charge in [0, 0.05) is 0 Å². The van der Waals surface area contributed by atoms with Gasteiger partial charge in [0.25, 0.3) is 0 Å². The van der Waals surface area contributed by atoms with Crippen LogP contribution < -0.4 is 0 Å². The summed E-state index contributed by atoms with van der Waals surface area (Å²) in [5, 5.41) is -0.162. The summed E-state index contributed by atoms with van der Waals surface area (Å²) in [7, 11) is 0. The molecule has 0 heterocycles. The Morgan fingerprint density at radius 1 is 1.33 bits per heavy atom. The summed E-state index contributed by atoms with van der Waals surface area (Å²) in [6.45, 7) is 6.10. The van der Waals surface area contributed by atoms with Crippen LogP contribution in [0.3, 0.4) is 0 Å². The minimum atomic E-state index is -0.162. The highest BCUT2D eigenvalue weighted by atomic mass is 32.1. The second-order valence-corrected chi connectivity index (χ2v) is 3.59. The first-order valence-corrected chi connectivity index (χ1v) is 4.50. The van der Waals surface area contributed by atoms with E-state index in [4.69, 9.17) is 0 Å². The van der Waals surface area contributed by atoms with Crippen molar-refractivity contribution in [3.8, 4) is 0 Å². The van der Waals surface area contributed by atoms with Crippen LogP contribution in [0.25, 0.3) is 0 Å². The van der Waals surface area contributed by atoms with Gasteiger partial charge in [-0.05, 0) is 39.7 Å². The highest BCUT2D eigenvalue weighted by molar-refractivity contribution is 7.97. The fourth-order valence-electron chi connectivity index (χ4n) is 0.871. The second kappa shape index (κ2) is 6.06. The lowest BCUT2D eigenvalue weighted by Crippen LogP contribution is -1.82. The van der Waals surface area contributed by atoms with Gasteiger partial charge in [-0.25, -0.2) is 0 Å². The molecule has 0 atom stereocenters. The summed E-state index contributed by atoms with van der Waals surface area (Å²) in [6.07, 6.45) is 5.69. The average Bonchev–Trinajstić information content (AvgIpc) is 1.84. The third-order valence-corrected chi connectivity index (χ3v) is 1.59. The third-order valence-electron chi connectivity index (χ3n) is 1.46.